The Labute approximate surface area is 172 Å². The number of carbonyl (C=O) groups excluding carboxylic acids is 1. The summed E-state index contributed by atoms with van der Waals surface area (Å²) < 4.78 is 5.34. The molecule has 29 heavy (non-hydrogen) atoms. The summed E-state index contributed by atoms with van der Waals surface area (Å²) in [5.74, 6) is 0.845. The normalized spacial score (nSPS) is 20.4. The van der Waals surface area contributed by atoms with Crippen LogP contribution in [0.3, 0.4) is 0 Å². The van der Waals surface area contributed by atoms with Crippen LogP contribution in [0, 0.1) is 0 Å². The van der Waals surface area contributed by atoms with Gasteiger partial charge in [0.15, 0.2) is 0 Å². The van der Waals surface area contributed by atoms with Crippen molar-refractivity contribution in [3.05, 3.63) is 59.8 Å². The molecule has 154 valence electrons. The number of nitrogens with zero attached hydrogens (tertiary/aromatic N) is 3. The van der Waals surface area contributed by atoms with Gasteiger partial charge in [-0.15, -0.1) is 0 Å². The Morgan fingerprint density at radius 1 is 1.14 bits per heavy atom. The lowest BCUT2D eigenvalue weighted by Gasteiger charge is -2.34. The van der Waals surface area contributed by atoms with Crippen LogP contribution >= 0.6 is 0 Å². The Kier molecular flexibility index (Phi) is 6.71. The first kappa shape index (κ1) is 19.8. The molecule has 3 heterocycles. The second kappa shape index (κ2) is 9.82. The molecule has 2 saturated heterocycles. The molecule has 1 amide bonds. The van der Waals surface area contributed by atoms with Crippen LogP contribution in [-0.4, -0.2) is 74.8 Å². The van der Waals surface area contributed by atoms with E-state index in [4.69, 9.17) is 4.74 Å². The lowest BCUT2D eigenvalue weighted by atomic mass is 10.0. The van der Waals surface area contributed by atoms with Gasteiger partial charge in [-0.25, -0.2) is 4.98 Å². The van der Waals surface area contributed by atoms with E-state index >= 15 is 0 Å². The standard InChI is InChI=1S/C22H29N5O2/c28-22(24-8-10-26-12-14-29-15-13-26)19-6-7-21(25-16-19)27-11-9-23-20(17-27)18-4-2-1-3-5-18/h1-7,16,20,23H,8-15,17H2,(H,24,28). The third-order valence-electron chi connectivity index (χ3n) is 5.53. The van der Waals surface area contributed by atoms with Gasteiger partial charge in [-0.1, -0.05) is 30.3 Å². The predicted molar refractivity (Wildman–Crippen MR) is 113 cm³/mol. The molecule has 1 aromatic carbocycles. The van der Waals surface area contributed by atoms with E-state index < -0.39 is 0 Å². The number of carbonyl (C=O) groups is 1. The second-order valence-corrected chi connectivity index (χ2v) is 7.48. The highest BCUT2D eigenvalue weighted by Gasteiger charge is 2.21. The van der Waals surface area contributed by atoms with Gasteiger partial charge in [-0.2, -0.15) is 0 Å². The maximum atomic E-state index is 12.4. The fraction of sp³-hybridized carbons (Fsp3) is 0.455. The van der Waals surface area contributed by atoms with E-state index in [1.54, 1.807) is 6.20 Å². The molecule has 2 N–H and O–H groups in total. The number of amides is 1. The summed E-state index contributed by atoms with van der Waals surface area (Å²) in [7, 11) is 0. The molecule has 1 atom stereocenters. The number of ether oxygens (including phenoxy) is 1. The molecule has 0 radical (unpaired) electrons. The van der Waals surface area contributed by atoms with Crippen molar-refractivity contribution >= 4 is 11.7 Å². The molecule has 1 unspecified atom stereocenters. The summed E-state index contributed by atoms with van der Waals surface area (Å²) in [4.78, 5) is 21.5. The van der Waals surface area contributed by atoms with Crippen molar-refractivity contribution in [2.24, 2.45) is 0 Å². The van der Waals surface area contributed by atoms with Gasteiger partial charge in [0.05, 0.1) is 18.8 Å². The van der Waals surface area contributed by atoms with Crippen LogP contribution in [0.25, 0.3) is 0 Å². The maximum absolute atomic E-state index is 12.4. The van der Waals surface area contributed by atoms with Crippen molar-refractivity contribution in [1.29, 1.82) is 0 Å². The molecule has 4 rings (SSSR count). The topological polar surface area (TPSA) is 69.7 Å². The number of piperazine rings is 1. The van der Waals surface area contributed by atoms with Gasteiger partial charge in [0.2, 0.25) is 0 Å². The lowest BCUT2D eigenvalue weighted by Crippen LogP contribution is -2.46. The van der Waals surface area contributed by atoms with Gasteiger partial charge in [0, 0.05) is 58.1 Å². The monoisotopic (exact) mass is 395 g/mol. The Morgan fingerprint density at radius 2 is 1.97 bits per heavy atom. The zero-order valence-corrected chi connectivity index (χ0v) is 16.7. The van der Waals surface area contributed by atoms with Crippen molar-refractivity contribution in [3.63, 3.8) is 0 Å². The van der Waals surface area contributed by atoms with E-state index in [9.17, 15) is 4.79 Å². The van der Waals surface area contributed by atoms with Gasteiger partial charge in [-0.3, -0.25) is 9.69 Å². The minimum absolute atomic E-state index is 0.0696. The zero-order valence-electron chi connectivity index (χ0n) is 16.7. The highest BCUT2D eigenvalue weighted by atomic mass is 16.5. The first-order chi connectivity index (χ1) is 14.3. The molecule has 0 aliphatic carbocycles. The smallest absolute Gasteiger partial charge is 0.252 e. The quantitative estimate of drug-likeness (QED) is 0.768. The number of nitrogens with one attached hydrogen (secondary N) is 2. The van der Waals surface area contributed by atoms with Gasteiger partial charge in [0.25, 0.3) is 5.91 Å². The van der Waals surface area contributed by atoms with Crippen molar-refractivity contribution in [1.82, 2.24) is 20.5 Å². The molecular weight excluding hydrogens is 366 g/mol. The van der Waals surface area contributed by atoms with Crippen molar-refractivity contribution in [3.8, 4) is 0 Å². The highest BCUT2D eigenvalue weighted by Crippen LogP contribution is 2.21. The molecule has 0 bridgehead atoms. The van der Waals surface area contributed by atoms with E-state index in [1.807, 2.05) is 18.2 Å². The number of benzene rings is 1. The van der Waals surface area contributed by atoms with Crippen molar-refractivity contribution in [2.45, 2.75) is 6.04 Å². The second-order valence-electron chi connectivity index (χ2n) is 7.48. The summed E-state index contributed by atoms with van der Waals surface area (Å²) in [6, 6.07) is 14.6. The molecule has 0 saturated carbocycles. The first-order valence-electron chi connectivity index (χ1n) is 10.4. The predicted octanol–water partition coefficient (Wildman–Crippen LogP) is 1.29. The third kappa shape index (κ3) is 5.32. The van der Waals surface area contributed by atoms with Gasteiger partial charge in [-0.05, 0) is 17.7 Å². The van der Waals surface area contributed by atoms with Crippen LogP contribution in [0.5, 0.6) is 0 Å². The van der Waals surface area contributed by atoms with Crippen molar-refractivity contribution in [2.75, 3.05) is 63.9 Å². The molecule has 2 aliphatic heterocycles. The molecule has 2 aliphatic rings. The number of pyridine rings is 1. The van der Waals surface area contributed by atoms with E-state index in [2.05, 4.69) is 49.7 Å². The van der Waals surface area contributed by atoms with Gasteiger partial charge < -0.3 is 20.3 Å². The number of morpholine rings is 1. The van der Waals surface area contributed by atoms with Crippen LogP contribution < -0.4 is 15.5 Å². The van der Waals surface area contributed by atoms with E-state index in [-0.39, 0.29) is 11.9 Å². The summed E-state index contributed by atoms with van der Waals surface area (Å²) in [6.07, 6.45) is 1.68. The van der Waals surface area contributed by atoms with Crippen LogP contribution in [0.1, 0.15) is 22.0 Å². The van der Waals surface area contributed by atoms with E-state index in [0.29, 0.717) is 12.1 Å². The SMILES string of the molecule is O=C(NCCN1CCOCC1)c1ccc(N2CCNC(c3ccccc3)C2)nc1. The first-order valence-corrected chi connectivity index (χ1v) is 10.4. The molecule has 1 aromatic heterocycles. The number of rotatable bonds is 6. The summed E-state index contributed by atoms with van der Waals surface area (Å²) in [5.41, 5.74) is 1.89. The average molecular weight is 396 g/mol. The van der Waals surface area contributed by atoms with Crippen LogP contribution in [0.4, 0.5) is 5.82 Å². The van der Waals surface area contributed by atoms with Gasteiger partial charge in [0.1, 0.15) is 5.82 Å². The molecule has 2 fully saturated rings. The summed E-state index contributed by atoms with van der Waals surface area (Å²) >= 11 is 0. The van der Waals surface area contributed by atoms with Crippen LogP contribution in [0.15, 0.2) is 48.7 Å². The Balaban J connectivity index is 1.29. The number of hydrogen-bond donors (Lipinski definition) is 2. The maximum Gasteiger partial charge on any atom is 0.252 e. The zero-order chi connectivity index (χ0) is 19.9. The molecule has 7 heteroatoms. The van der Waals surface area contributed by atoms with Crippen LogP contribution in [0.2, 0.25) is 0 Å². The highest BCUT2D eigenvalue weighted by molar-refractivity contribution is 5.94. The summed E-state index contributed by atoms with van der Waals surface area (Å²) in [5, 5.41) is 6.56. The summed E-state index contributed by atoms with van der Waals surface area (Å²) in [6.45, 7) is 7.57. The van der Waals surface area contributed by atoms with Crippen LogP contribution in [-0.2, 0) is 4.74 Å². The van der Waals surface area contributed by atoms with Crippen molar-refractivity contribution < 1.29 is 9.53 Å². The minimum Gasteiger partial charge on any atom is -0.379 e. The Morgan fingerprint density at radius 3 is 2.72 bits per heavy atom. The lowest BCUT2D eigenvalue weighted by molar-refractivity contribution is 0.0383. The molecule has 2 aromatic rings. The Bertz CT molecular complexity index is 778. The number of hydrogen-bond acceptors (Lipinski definition) is 6. The number of anilines is 1. The average Bonchev–Trinajstić information content (AvgIpc) is 2.80. The minimum atomic E-state index is -0.0696. The number of aromatic nitrogens is 1. The molecule has 0 spiro atoms. The largest absolute Gasteiger partial charge is 0.379 e. The van der Waals surface area contributed by atoms with E-state index in [1.165, 1.54) is 5.56 Å². The van der Waals surface area contributed by atoms with E-state index in [0.717, 1.165) is 58.3 Å². The fourth-order valence-electron chi connectivity index (χ4n) is 3.83. The fourth-order valence-corrected chi connectivity index (χ4v) is 3.83. The van der Waals surface area contributed by atoms with Gasteiger partial charge >= 0.3 is 0 Å². The molecule has 7 nitrogen and oxygen atoms in total. The Hall–Kier alpha value is -2.48. The third-order valence-corrected chi connectivity index (χ3v) is 5.53. The molecular formula is C22H29N5O2.